The number of aryl methyl sites for hydroxylation is 1. The molecule has 3 aromatic rings. The fourth-order valence-electron chi connectivity index (χ4n) is 2.42. The zero-order valence-electron chi connectivity index (χ0n) is 14.7. The van der Waals surface area contributed by atoms with E-state index < -0.39 is 0 Å². The van der Waals surface area contributed by atoms with E-state index in [1.165, 1.54) is 18.9 Å². The highest BCUT2D eigenvalue weighted by Gasteiger charge is 2.16. The summed E-state index contributed by atoms with van der Waals surface area (Å²) in [6, 6.07) is 12.9. The van der Waals surface area contributed by atoms with Crippen molar-refractivity contribution in [2.75, 3.05) is 20.0 Å². The van der Waals surface area contributed by atoms with Gasteiger partial charge in [0.15, 0.2) is 5.78 Å². The molecular formula is C19H18N2O4S. The largest absolute Gasteiger partial charge is 0.497 e. The number of carbonyl (C=O) groups is 1. The monoisotopic (exact) mass is 370 g/mol. The van der Waals surface area contributed by atoms with Crippen molar-refractivity contribution in [3.8, 4) is 23.0 Å². The van der Waals surface area contributed by atoms with Gasteiger partial charge >= 0.3 is 0 Å². The molecule has 0 atom stereocenters. The third-order valence-electron chi connectivity index (χ3n) is 3.82. The van der Waals surface area contributed by atoms with Crippen LogP contribution in [0.1, 0.15) is 15.9 Å². The summed E-state index contributed by atoms with van der Waals surface area (Å²) in [5, 5.41) is 8.43. The minimum Gasteiger partial charge on any atom is -0.497 e. The molecule has 0 radical (unpaired) electrons. The fraction of sp³-hybridized carbons (Fsp3) is 0.211. The maximum absolute atomic E-state index is 12.5. The van der Waals surface area contributed by atoms with Crippen LogP contribution >= 0.6 is 11.8 Å². The molecule has 0 saturated heterocycles. The second-order valence-electron chi connectivity index (χ2n) is 5.47. The van der Waals surface area contributed by atoms with Crippen molar-refractivity contribution in [3.05, 3.63) is 53.6 Å². The third-order valence-corrected chi connectivity index (χ3v) is 4.64. The third kappa shape index (κ3) is 3.88. The van der Waals surface area contributed by atoms with Crippen molar-refractivity contribution in [1.82, 2.24) is 10.2 Å². The molecule has 1 aromatic heterocycles. The first-order chi connectivity index (χ1) is 12.6. The number of thioether (sulfide) groups is 1. The maximum Gasteiger partial charge on any atom is 0.277 e. The highest BCUT2D eigenvalue weighted by Crippen LogP contribution is 2.28. The molecule has 2 aromatic carbocycles. The van der Waals surface area contributed by atoms with Gasteiger partial charge in [-0.2, -0.15) is 0 Å². The van der Waals surface area contributed by atoms with Crippen molar-refractivity contribution in [2.45, 2.75) is 12.1 Å². The number of benzene rings is 2. The highest BCUT2D eigenvalue weighted by molar-refractivity contribution is 7.99. The minimum atomic E-state index is -0.0925. The molecule has 0 aliphatic rings. The molecule has 0 aliphatic heterocycles. The standard InChI is InChI=1S/C19H18N2O4S/c1-12-6-4-5-7-14(12)18-20-21-19(25-18)26-11-16(22)15-9-8-13(23-2)10-17(15)24-3/h4-10H,11H2,1-3H3. The summed E-state index contributed by atoms with van der Waals surface area (Å²) in [6.07, 6.45) is 0. The number of hydrogen-bond acceptors (Lipinski definition) is 7. The molecule has 0 amide bonds. The smallest absolute Gasteiger partial charge is 0.277 e. The molecule has 134 valence electrons. The van der Waals surface area contributed by atoms with Crippen LogP contribution in [-0.2, 0) is 0 Å². The second-order valence-corrected chi connectivity index (χ2v) is 6.39. The zero-order valence-corrected chi connectivity index (χ0v) is 15.5. The van der Waals surface area contributed by atoms with Crippen LogP contribution in [0.4, 0.5) is 0 Å². The van der Waals surface area contributed by atoms with E-state index in [2.05, 4.69) is 10.2 Å². The summed E-state index contributed by atoms with van der Waals surface area (Å²) in [7, 11) is 3.08. The SMILES string of the molecule is COc1ccc(C(=O)CSc2nnc(-c3ccccc3C)o2)c(OC)c1. The summed E-state index contributed by atoms with van der Waals surface area (Å²) in [5.41, 5.74) is 2.42. The molecule has 26 heavy (non-hydrogen) atoms. The van der Waals surface area contributed by atoms with Gasteiger partial charge in [0.05, 0.1) is 25.5 Å². The van der Waals surface area contributed by atoms with Gasteiger partial charge in [0.25, 0.3) is 5.22 Å². The van der Waals surface area contributed by atoms with Gasteiger partial charge in [0, 0.05) is 11.6 Å². The molecular weight excluding hydrogens is 352 g/mol. The van der Waals surface area contributed by atoms with E-state index in [1.54, 1.807) is 25.3 Å². The molecule has 6 nitrogen and oxygen atoms in total. The average molecular weight is 370 g/mol. The Morgan fingerprint density at radius 3 is 2.65 bits per heavy atom. The number of ketones is 1. The number of ether oxygens (including phenoxy) is 2. The number of carbonyl (C=O) groups excluding carboxylic acids is 1. The van der Waals surface area contributed by atoms with Crippen LogP contribution in [0.25, 0.3) is 11.5 Å². The maximum atomic E-state index is 12.5. The Balaban J connectivity index is 1.70. The van der Waals surface area contributed by atoms with E-state index in [9.17, 15) is 4.79 Å². The van der Waals surface area contributed by atoms with Gasteiger partial charge in [-0.25, -0.2) is 0 Å². The molecule has 7 heteroatoms. The van der Waals surface area contributed by atoms with Crippen LogP contribution in [0.3, 0.4) is 0 Å². The van der Waals surface area contributed by atoms with Crippen LogP contribution in [0.15, 0.2) is 52.1 Å². The second kappa shape index (κ2) is 8.05. The lowest BCUT2D eigenvalue weighted by atomic mass is 10.1. The fourth-order valence-corrected chi connectivity index (χ4v) is 3.07. The molecule has 0 fully saturated rings. The van der Waals surface area contributed by atoms with E-state index in [1.807, 2.05) is 31.2 Å². The topological polar surface area (TPSA) is 74.5 Å². The Morgan fingerprint density at radius 1 is 1.12 bits per heavy atom. The van der Waals surface area contributed by atoms with Crippen LogP contribution in [0.2, 0.25) is 0 Å². The molecule has 0 bridgehead atoms. The summed E-state index contributed by atoms with van der Waals surface area (Å²) in [5.74, 6) is 1.62. The molecule has 0 unspecified atom stereocenters. The zero-order chi connectivity index (χ0) is 18.5. The molecule has 0 spiro atoms. The van der Waals surface area contributed by atoms with Gasteiger partial charge in [0.2, 0.25) is 5.89 Å². The molecule has 0 saturated carbocycles. The normalized spacial score (nSPS) is 10.6. The Hall–Kier alpha value is -2.80. The minimum absolute atomic E-state index is 0.0925. The summed E-state index contributed by atoms with van der Waals surface area (Å²) < 4.78 is 16.1. The number of Topliss-reactive ketones (excluding diaryl/α,β-unsaturated/α-hetero) is 1. The number of hydrogen-bond donors (Lipinski definition) is 0. The summed E-state index contributed by atoms with van der Waals surface area (Å²) in [6.45, 7) is 1.98. The van der Waals surface area contributed by atoms with Crippen molar-refractivity contribution in [3.63, 3.8) is 0 Å². The predicted octanol–water partition coefficient (Wildman–Crippen LogP) is 4.04. The van der Waals surface area contributed by atoms with Crippen molar-refractivity contribution < 1.29 is 18.7 Å². The molecule has 3 rings (SSSR count). The summed E-state index contributed by atoms with van der Waals surface area (Å²) >= 11 is 1.20. The lowest BCUT2D eigenvalue weighted by Crippen LogP contribution is -2.05. The van der Waals surface area contributed by atoms with Crippen molar-refractivity contribution in [1.29, 1.82) is 0 Å². The Labute approximate surface area is 155 Å². The van der Waals surface area contributed by atoms with Crippen molar-refractivity contribution in [2.24, 2.45) is 0 Å². The number of aromatic nitrogens is 2. The van der Waals surface area contributed by atoms with Gasteiger partial charge in [-0.05, 0) is 30.7 Å². The van der Waals surface area contributed by atoms with E-state index in [0.29, 0.717) is 28.2 Å². The quantitative estimate of drug-likeness (QED) is 0.459. The first-order valence-electron chi connectivity index (χ1n) is 7.90. The van der Waals surface area contributed by atoms with E-state index >= 15 is 0 Å². The van der Waals surface area contributed by atoms with E-state index in [4.69, 9.17) is 13.9 Å². The first-order valence-corrected chi connectivity index (χ1v) is 8.88. The first kappa shape index (κ1) is 18.0. The molecule has 1 heterocycles. The lowest BCUT2D eigenvalue weighted by Gasteiger charge is -2.08. The van der Waals surface area contributed by atoms with Crippen LogP contribution in [0.5, 0.6) is 11.5 Å². The van der Waals surface area contributed by atoms with Gasteiger partial charge in [-0.15, -0.1) is 10.2 Å². The Kier molecular flexibility index (Phi) is 5.58. The van der Waals surface area contributed by atoms with Crippen LogP contribution in [-0.4, -0.2) is 36.0 Å². The predicted molar refractivity (Wildman–Crippen MR) is 99.1 cm³/mol. The van der Waals surface area contributed by atoms with Gasteiger partial charge < -0.3 is 13.9 Å². The number of rotatable bonds is 7. The number of methoxy groups -OCH3 is 2. The van der Waals surface area contributed by atoms with Gasteiger partial charge in [0.1, 0.15) is 11.5 Å². The molecule has 0 N–H and O–H groups in total. The average Bonchev–Trinajstić information content (AvgIpc) is 3.14. The van der Waals surface area contributed by atoms with Gasteiger partial charge in [-0.3, -0.25) is 4.79 Å². The van der Waals surface area contributed by atoms with E-state index in [-0.39, 0.29) is 11.5 Å². The van der Waals surface area contributed by atoms with Crippen LogP contribution in [0, 0.1) is 6.92 Å². The highest BCUT2D eigenvalue weighted by atomic mass is 32.2. The number of nitrogens with zero attached hydrogens (tertiary/aromatic N) is 2. The Morgan fingerprint density at radius 2 is 1.92 bits per heavy atom. The van der Waals surface area contributed by atoms with E-state index in [0.717, 1.165) is 11.1 Å². The van der Waals surface area contributed by atoms with Crippen LogP contribution < -0.4 is 9.47 Å². The molecule has 0 aliphatic carbocycles. The van der Waals surface area contributed by atoms with Gasteiger partial charge in [-0.1, -0.05) is 30.0 Å². The lowest BCUT2D eigenvalue weighted by molar-refractivity contribution is 0.101. The summed E-state index contributed by atoms with van der Waals surface area (Å²) in [4.78, 5) is 12.5. The Bertz CT molecular complexity index is 923. The van der Waals surface area contributed by atoms with Crippen molar-refractivity contribution >= 4 is 17.5 Å².